The number of hydrogen-bond donors (Lipinski definition) is 3. The van der Waals surface area contributed by atoms with Gasteiger partial charge < -0.3 is 30.2 Å². The summed E-state index contributed by atoms with van der Waals surface area (Å²) in [5.41, 5.74) is 0.473. The lowest BCUT2D eigenvalue weighted by atomic mass is 9.77. The maximum absolute atomic E-state index is 13.0. The molecule has 2 aromatic carbocycles. The molecule has 0 saturated heterocycles. The van der Waals surface area contributed by atoms with Crippen molar-refractivity contribution in [3.8, 4) is 0 Å². The molecule has 246 valence electrons. The first kappa shape index (κ1) is 36.6. The SMILES string of the molecule is COC(=O)[C@@H](N(C)C(=O)OCc1ccc(NC(=O)CNC(=O)C(NC(=O)OC(C)(C)C)C(C)C)cc1)C(C)(C)c1ccccc1. The van der Waals surface area contributed by atoms with Crippen LogP contribution in [0.25, 0.3) is 0 Å². The first-order valence-corrected chi connectivity index (χ1v) is 14.6. The molecular weight excluding hydrogens is 580 g/mol. The van der Waals surface area contributed by atoms with Gasteiger partial charge in [0.25, 0.3) is 0 Å². The molecule has 0 radical (unpaired) electrons. The Morgan fingerprint density at radius 3 is 2.02 bits per heavy atom. The largest absolute Gasteiger partial charge is 0.467 e. The van der Waals surface area contributed by atoms with Crippen molar-refractivity contribution in [3.63, 3.8) is 0 Å². The monoisotopic (exact) mass is 626 g/mol. The van der Waals surface area contributed by atoms with Crippen molar-refractivity contribution in [2.24, 2.45) is 5.92 Å². The Balaban J connectivity index is 1.93. The van der Waals surface area contributed by atoms with Gasteiger partial charge in [0.05, 0.1) is 13.7 Å². The Hall–Kier alpha value is -4.61. The van der Waals surface area contributed by atoms with Crippen LogP contribution in [0.1, 0.15) is 59.6 Å². The number of carbonyl (C=O) groups is 5. The molecule has 0 saturated carbocycles. The van der Waals surface area contributed by atoms with E-state index in [9.17, 15) is 24.0 Å². The van der Waals surface area contributed by atoms with Gasteiger partial charge in [0.15, 0.2) is 0 Å². The van der Waals surface area contributed by atoms with Crippen LogP contribution in [0.3, 0.4) is 0 Å². The Morgan fingerprint density at radius 1 is 0.889 bits per heavy atom. The number of rotatable bonds is 12. The number of methoxy groups -OCH3 is 1. The Morgan fingerprint density at radius 2 is 1.49 bits per heavy atom. The third kappa shape index (κ3) is 11.1. The third-order valence-electron chi connectivity index (χ3n) is 6.95. The molecule has 0 aliphatic rings. The molecule has 1 unspecified atom stereocenters. The summed E-state index contributed by atoms with van der Waals surface area (Å²) in [6.45, 7) is 12.0. The molecule has 0 aromatic heterocycles. The number of benzene rings is 2. The summed E-state index contributed by atoms with van der Waals surface area (Å²) >= 11 is 0. The predicted octanol–water partition coefficient (Wildman–Crippen LogP) is 4.38. The maximum Gasteiger partial charge on any atom is 0.410 e. The smallest absolute Gasteiger partial charge is 0.410 e. The average molecular weight is 627 g/mol. The van der Waals surface area contributed by atoms with E-state index in [1.165, 1.54) is 19.1 Å². The van der Waals surface area contributed by atoms with E-state index in [2.05, 4.69) is 16.0 Å². The van der Waals surface area contributed by atoms with Gasteiger partial charge in [-0.25, -0.2) is 14.4 Å². The van der Waals surface area contributed by atoms with Gasteiger partial charge in [-0.05, 0) is 49.9 Å². The molecule has 0 aliphatic carbocycles. The first-order chi connectivity index (χ1) is 21.0. The fourth-order valence-corrected chi connectivity index (χ4v) is 4.56. The second-order valence-electron chi connectivity index (χ2n) is 12.5. The van der Waals surface area contributed by atoms with Crippen LogP contribution >= 0.6 is 0 Å². The standard InChI is InChI=1S/C33H46N4O8/c1-21(2)26(36-30(41)45-32(3,4)5)28(39)34-19-25(38)35-24-17-15-22(16-18-24)20-44-31(42)37(8)27(29(40)43-9)33(6,7)23-13-11-10-12-14-23/h10-18,21,26-27H,19-20H2,1-9H3,(H,34,39)(H,35,38)(H,36,41)/t26?,27-/m1/s1. The number of esters is 1. The van der Waals surface area contributed by atoms with Gasteiger partial charge in [-0.3, -0.25) is 14.5 Å². The summed E-state index contributed by atoms with van der Waals surface area (Å²) in [5, 5.41) is 7.76. The Labute approximate surface area is 265 Å². The van der Waals surface area contributed by atoms with Crippen LogP contribution in [0.2, 0.25) is 0 Å². The van der Waals surface area contributed by atoms with Crippen LogP contribution in [0, 0.1) is 5.92 Å². The van der Waals surface area contributed by atoms with E-state index in [-0.39, 0.29) is 19.1 Å². The number of ether oxygens (including phenoxy) is 3. The molecule has 0 bridgehead atoms. The lowest BCUT2D eigenvalue weighted by Gasteiger charge is -2.38. The van der Waals surface area contributed by atoms with E-state index >= 15 is 0 Å². The molecule has 0 heterocycles. The van der Waals surface area contributed by atoms with Crippen molar-refractivity contribution < 1.29 is 38.2 Å². The fraction of sp³-hybridized carbons (Fsp3) is 0.485. The second-order valence-corrected chi connectivity index (χ2v) is 12.5. The zero-order valence-electron chi connectivity index (χ0n) is 27.6. The quantitative estimate of drug-likeness (QED) is 0.232. The highest BCUT2D eigenvalue weighted by Gasteiger charge is 2.43. The number of nitrogens with one attached hydrogen (secondary N) is 3. The van der Waals surface area contributed by atoms with Crippen LogP contribution in [-0.4, -0.2) is 73.3 Å². The van der Waals surface area contributed by atoms with Gasteiger partial charge in [-0.2, -0.15) is 0 Å². The maximum atomic E-state index is 13.0. The Kier molecular flexibility index (Phi) is 12.9. The van der Waals surface area contributed by atoms with Gasteiger partial charge >= 0.3 is 18.2 Å². The zero-order chi connectivity index (χ0) is 33.9. The highest BCUT2D eigenvalue weighted by Crippen LogP contribution is 2.31. The van der Waals surface area contributed by atoms with Gasteiger partial charge in [0.2, 0.25) is 11.8 Å². The summed E-state index contributed by atoms with van der Waals surface area (Å²) in [5.74, 6) is -1.81. The lowest BCUT2D eigenvalue weighted by Crippen LogP contribution is -2.53. The molecule has 2 rings (SSSR count). The normalized spacial score (nSPS) is 12.8. The molecule has 0 aliphatic heterocycles. The molecule has 0 spiro atoms. The van der Waals surface area contributed by atoms with Crippen molar-refractivity contribution >= 4 is 35.7 Å². The van der Waals surface area contributed by atoms with E-state index in [4.69, 9.17) is 14.2 Å². The van der Waals surface area contributed by atoms with E-state index in [0.29, 0.717) is 11.3 Å². The van der Waals surface area contributed by atoms with E-state index in [1.807, 2.05) is 44.2 Å². The summed E-state index contributed by atoms with van der Waals surface area (Å²) in [4.78, 5) is 64.2. The molecule has 12 heteroatoms. The highest BCUT2D eigenvalue weighted by atomic mass is 16.6. The minimum absolute atomic E-state index is 0.0750. The Bertz CT molecular complexity index is 1320. The molecule has 3 N–H and O–H groups in total. The van der Waals surface area contributed by atoms with Crippen molar-refractivity contribution in [2.75, 3.05) is 26.0 Å². The van der Waals surface area contributed by atoms with E-state index < -0.39 is 53.1 Å². The van der Waals surface area contributed by atoms with Crippen molar-refractivity contribution in [2.45, 2.75) is 78.2 Å². The molecule has 12 nitrogen and oxygen atoms in total. The van der Waals surface area contributed by atoms with Gasteiger partial charge in [-0.1, -0.05) is 70.2 Å². The number of alkyl carbamates (subject to hydrolysis) is 1. The number of likely N-dealkylation sites (N-methyl/N-ethyl adjacent to an activating group) is 1. The molecule has 2 atom stereocenters. The number of nitrogens with zero attached hydrogens (tertiary/aromatic N) is 1. The van der Waals surface area contributed by atoms with E-state index in [0.717, 1.165) is 5.56 Å². The molecule has 2 aromatic rings. The first-order valence-electron chi connectivity index (χ1n) is 14.6. The predicted molar refractivity (Wildman–Crippen MR) is 169 cm³/mol. The third-order valence-corrected chi connectivity index (χ3v) is 6.95. The van der Waals surface area contributed by atoms with Crippen molar-refractivity contribution in [1.29, 1.82) is 0 Å². The number of amides is 4. The zero-order valence-corrected chi connectivity index (χ0v) is 27.6. The van der Waals surface area contributed by atoms with Gasteiger partial charge in [-0.15, -0.1) is 0 Å². The summed E-state index contributed by atoms with van der Waals surface area (Å²) < 4.78 is 15.7. The minimum Gasteiger partial charge on any atom is -0.467 e. The molecule has 45 heavy (non-hydrogen) atoms. The number of hydrogen-bond acceptors (Lipinski definition) is 8. The van der Waals surface area contributed by atoms with Crippen LogP contribution in [0.4, 0.5) is 15.3 Å². The van der Waals surface area contributed by atoms with Crippen LogP contribution in [0.15, 0.2) is 54.6 Å². The van der Waals surface area contributed by atoms with Crippen molar-refractivity contribution in [1.82, 2.24) is 15.5 Å². The highest BCUT2D eigenvalue weighted by molar-refractivity contribution is 5.95. The fourth-order valence-electron chi connectivity index (χ4n) is 4.56. The number of carbonyl (C=O) groups excluding carboxylic acids is 5. The second kappa shape index (κ2) is 15.9. The van der Waals surface area contributed by atoms with Crippen LogP contribution in [-0.2, 0) is 40.6 Å². The lowest BCUT2D eigenvalue weighted by molar-refractivity contribution is -0.148. The summed E-state index contributed by atoms with van der Waals surface area (Å²) in [7, 11) is 2.76. The topological polar surface area (TPSA) is 152 Å². The average Bonchev–Trinajstić information content (AvgIpc) is 2.97. The van der Waals surface area contributed by atoms with Gasteiger partial charge in [0.1, 0.15) is 24.3 Å². The van der Waals surface area contributed by atoms with Crippen molar-refractivity contribution in [3.05, 3.63) is 65.7 Å². The minimum atomic E-state index is -0.945. The van der Waals surface area contributed by atoms with E-state index in [1.54, 1.807) is 58.9 Å². The molecular formula is C33H46N4O8. The van der Waals surface area contributed by atoms with Gasteiger partial charge in [0, 0.05) is 18.2 Å². The summed E-state index contributed by atoms with van der Waals surface area (Å²) in [6.07, 6.45) is -1.43. The summed E-state index contributed by atoms with van der Waals surface area (Å²) in [6, 6.07) is 14.1. The molecule has 4 amide bonds. The molecule has 0 fully saturated rings. The van der Waals surface area contributed by atoms with Crippen LogP contribution in [0.5, 0.6) is 0 Å². The van der Waals surface area contributed by atoms with Crippen LogP contribution < -0.4 is 16.0 Å². The number of anilines is 1.